The maximum absolute atomic E-state index is 5.70. The number of anilines is 2. The van der Waals surface area contributed by atoms with E-state index in [4.69, 9.17) is 11.5 Å². The molecule has 78 valence electrons. The zero-order valence-corrected chi connectivity index (χ0v) is 9.69. The molecule has 0 aliphatic heterocycles. The minimum absolute atomic E-state index is 0.374. The molecular formula is C9H10BrN5. The molecule has 5 nitrogen and oxygen atoms in total. The Morgan fingerprint density at radius 2 is 2.07 bits per heavy atom. The first kappa shape index (κ1) is 9.97. The summed E-state index contributed by atoms with van der Waals surface area (Å²) in [6, 6.07) is 5.47. The molecule has 0 bridgehead atoms. The first-order valence-corrected chi connectivity index (χ1v) is 5.09. The standard InChI is InChI=1S/C9H10BrN5/c1-15-9(12)13-8(14-15)6-4-5(11)2-3-7(6)10/h2-4H,11H2,1H3,(H2,12,13,14). The molecular weight excluding hydrogens is 258 g/mol. The first-order valence-electron chi connectivity index (χ1n) is 4.30. The average Bonchev–Trinajstić information content (AvgIpc) is 2.51. The Kier molecular flexibility index (Phi) is 2.36. The number of benzene rings is 1. The Bertz CT molecular complexity index is 486. The van der Waals surface area contributed by atoms with Crippen molar-refractivity contribution in [3.05, 3.63) is 22.7 Å². The molecule has 0 radical (unpaired) electrons. The fraction of sp³-hybridized carbons (Fsp3) is 0.111. The summed E-state index contributed by atoms with van der Waals surface area (Å²) in [4.78, 5) is 4.13. The molecule has 0 saturated heterocycles. The molecule has 1 aromatic carbocycles. The maximum atomic E-state index is 5.70. The van der Waals surface area contributed by atoms with E-state index in [1.807, 2.05) is 6.07 Å². The van der Waals surface area contributed by atoms with Gasteiger partial charge in [0.05, 0.1) is 0 Å². The van der Waals surface area contributed by atoms with Gasteiger partial charge in [0, 0.05) is 22.8 Å². The number of nitrogens with zero attached hydrogens (tertiary/aromatic N) is 3. The van der Waals surface area contributed by atoms with Crippen LogP contribution < -0.4 is 11.5 Å². The molecule has 0 saturated carbocycles. The van der Waals surface area contributed by atoms with Gasteiger partial charge in [-0.25, -0.2) is 4.68 Å². The smallest absolute Gasteiger partial charge is 0.218 e. The largest absolute Gasteiger partial charge is 0.399 e. The Hall–Kier alpha value is -1.56. The van der Waals surface area contributed by atoms with Crippen LogP contribution in [0.3, 0.4) is 0 Å². The summed E-state index contributed by atoms with van der Waals surface area (Å²) in [6.45, 7) is 0. The fourth-order valence-corrected chi connectivity index (χ4v) is 1.65. The van der Waals surface area contributed by atoms with Crippen molar-refractivity contribution in [3.63, 3.8) is 0 Å². The van der Waals surface area contributed by atoms with Crippen LogP contribution in [0.5, 0.6) is 0 Å². The van der Waals surface area contributed by atoms with Gasteiger partial charge in [0.15, 0.2) is 5.82 Å². The van der Waals surface area contributed by atoms with Crippen LogP contribution in [-0.2, 0) is 7.05 Å². The number of nitrogens with two attached hydrogens (primary N) is 2. The molecule has 2 aromatic rings. The highest BCUT2D eigenvalue weighted by atomic mass is 79.9. The number of aromatic nitrogens is 3. The van der Waals surface area contributed by atoms with Gasteiger partial charge < -0.3 is 11.5 Å². The third kappa shape index (κ3) is 1.80. The zero-order chi connectivity index (χ0) is 11.0. The SMILES string of the molecule is Cn1nc(-c2cc(N)ccc2Br)nc1N. The second-order valence-corrected chi connectivity index (χ2v) is 4.01. The summed E-state index contributed by atoms with van der Waals surface area (Å²) >= 11 is 3.42. The maximum Gasteiger partial charge on any atom is 0.218 e. The number of rotatable bonds is 1. The van der Waals surface area contributed by atoms with Gasteiger partial charge in [-0.3, -0.25) is 0 Å². The minimum Gasteiger partial charge on any atom is -0.399 e. The number of nitrogen functional groups attached to an aromatic ring is 2. The molecule has 4 N–H and O–H groups in total. The number of aryl methyl sites for hydroxylation is 1. The van der Waals surface area contributed by atoms with Gasteiger partial charge in [0.2, 0.25) is 5.95 Å². The van der Waals surface area contributed by atoms with Crippen LogP contribution in [0.2, 0.25) is 0 Å². The first-order chi connectivity index (χ1) is 7.08. The van der Waals surface area contributed by atoms with Gasteiger partial charge in [0.25, 0.3) is 0 Å². The summed E-state index contributed by atoms with van der Waals surface area (Å²) in [6.07, 6.45) is 0. The van der Waals surface area contributed by atoms with E-state index in [1.54, 1.807) is 19.2 Å². The average molecular weight is 268 g/mol. The highest BCUT2D eigenvalue weighted by Crippen LogP contribution is 2.28. The molecule has 0 aliphatic rings. The summed E-state index contributed by atoms with van der Waals surface area (Å²) in [7, 11) is 1.74. The van der Waals surface area contributed by atoms with Crippen LogP contribution >= 0.6 is 15.9 Å². The number of hydrogen-bond donors (Lipinski definition) is 2. The van der Waals surface area contributed by atoms with E-state index < -0.39 is 0 Å². The normalized spacial score (nSPS) is 10.5. The van der Waals surface area contributed by atoms with E-state index >= 15 is 0 Å². The van der Waals surface area contributed by atoms with Crippen LogP contribution in [0.1, 0.15) is 0 Å². The van der Waals surface area contributed by atoms with E-state index in [9.17, 15) is 0 Å². The summed E-state index contributed by atoms with van der Waals surface area (Å²) in [5.74, 6) is 0.938. The third-order valence-electron chi connectivity index (χ3n) is 2.03. The number of hydrogen-bond acceptors (Lipinski definition) is 4. The quantitative estimate of drug-likeness (QED) is 0.766. The highest BCUT2D eigenvalue weighted by molar-refractivity contribution is 9.10. The monoisotopic (exact) mass is 267 g/mol. The molecule has 6 heteroatoms. The Balaban J connectivity index is 2.58. The summed E-state index contributed by atoms with van der Waals surface area (Å²) in [5, 5.41) is 4.18. The van der Waals surface area contributed by atoms with Crippen LogP contribution in [0.25, 0.3) is 11.4 Å². The second-order valence-electron chi connectivity index (χ2n) is 3.16. The van der Waals surface area contributed by atoms with Crippen molar-refractivity contribution in [2.45, 2.75) is 0 Å². The molecule has 2 rings (SSSR count). The van der Waals surface area contributed by atoms with Crippen LogP contribution in [0.4, 0.5) is 11.6 Å². The lowest BCUT2D eigenvalue weighted by atomic mass is 10.2. The second kappa shape index (κ2) is 3.54. The van der Waals surface area contributed by atoms with E-state index in [0.29, 0.717) is 17.5 Å². The van der Waals surface area contributed by atoms with Gasteiger partial charge >= 0.3 is 0 Å². The van der Waals surface area contributed by atoms with Crippen molar-refractivity contribution < 1.29 is 0 Å². The highest BCUT2D eigenvalue weighted by Gasteiger charge is 2.10. The van der Waals surface area contributed by atoms with Crippen molar-refractivity contribution in [1.82, 2.24) is 14.8 Å². The molecule has 0 fully saturated rings. The topological polar surface area (TPSA) is 82.8 Å². The van der Waals surface area contributed by atoms with Gasteiger partial charge in [-0.05, 0) is 18.2 Å². The molecule has 0 atom stereocenters. The lowest BCUT2D eigenvalue weighted by Gasteiger charge is -2.00. The summed E-state index contributed by atoms with van der Waals surface area (Å²) in [5.41, 5.74) is 12.8. The zero-order valence-electron chi connectivity index (χ0n) is 8.11. The molecule has 0 unspecified atom stereocenters. The van der Waals surface area contributed by atoms with Crippen molar-refractivity contribution in [3.8, 4) is 11.4 Å². The minimum atomic E-state index is 0.374. The Morgan fingerprint density at radius 1 is 1.33 bits per heavy atom. The van der Waals surface area contributed by atoms with E-state index in [2.05, 4.69) is 26.0 Å². The summed E-state index contributed by atoms with van der Waals surface area (Å²) < 4.78 is 2.41. The fourth-order valence-electron chi connectivity index (χ4n) is 1.22. The molecule has 0 amide bonds. The van der Waals surface area contributed by atoms with Crippen molar-refractivity contribution in [2.75, 3.05) is 11.5 Å². The Morgan fingerprint density at radius 3 is 2.67 bits per heavy atom. The van der Waals surface area contributed by atoms with Gasteiger partial charge in [-0.1, -0.05) is 15.9 Å². The molecule has 15 heavy (non-hydrogen) atoms. The van der Waals surface area contributed by atoms with Crippen LogP contribution in [0, 0.1) is 0 Å². The molecule has 0 spiro atoms. The third-order valence-corrected chi connectivity index (χ3v) is 2.72. The van der Waals surface area contributed by atoms with Gasteiger partial charge in [-0.15, -0.1) is 5.10 Å². The van der Waals surface area contributed by atoms with Crippen LogP contribution in [0.15, 0.2) is 22.7 Å². The van der Waals surface area contributed by atoms with Crippen LogP contribution in [-0.4, -0.2) is 14.8 Å². The number of halogens is 1. The lowest BCUT2D eigenvalue weighted by Crippen LogP contribution is -1.97. The molecule has 0 aliphatic carbocycles. The van der Waals surface area contributed by atoms with Gasteiger partial charge in [-0.2, -0.15) is 4.98 Å². The molecule has 1 aromatic heterocycles. The Labute approximate surface area is 95.2 Å². The van der Waals surface area contributed by atoms with E-state index in [1.165, 1.54) is 4.68 Å². The van der Waals surface area contributed by atoms with Crippen molar-refractivity contribution >= 4 is 27.6 Å². The lowest BCUT2D eigenvalue weighted by molar-refractivity contribution is 0.781. The predicted octanol–water partition coefficient (Wildman–Crippen LogP) is 1.41. The van der Waals surface area contributed by atoms with Crippen molar-refractivity contribution in [1.29, 1.82) is 0 Å². The molecule has 1 heterocycles. The van der Waals surface area contributed by atoms with E-state index in [-0.39, 0.29) is 0 Å². The van der Waals surface area contributed by atoms with Crippen molar-refractivity contribution in [2.24, 2.45) is 7.05 Å². The predicted molar refractivity (Wildman–Crippen MR) is 63.0 cm³/mol. The van der Waals surface area contributed by atoms with E-state index in [0.717, 1.165) is 10.0 Å². The van der Waals surface area contributed by atoms with Gasteiger partial charge in [0.1, 0.15) is 0 Å².